The first kappa shape index (κ1) is 16.6. The summed E-state index contributed by atoms with van der Waals surface area (Å²) in [5.41, 5.74) is 1.41. The van der Waals surface area contributed by atoms with E-state index in [0.29, 0.717) is 24.6 Å². The predicted molar refractivity (Wildman–Crippen MR) is 87.5 cm³/mol. The zero-order valence-corrected chi connectivity index (χ0v) is 13.4. The number of piperidine rings is 1. The minimum Gasteiger partial charge on any atom is -0.338 e. The largest absolute Gasteiger partial charge is 0.338 e. The van der Waals surface area contributed by atoms with Gasteiger partial charge in [0.25, 0.3) is 5.91 Å². The molecule has 0 spiro atoms. The van der Waals surface area contributed by atoms with Crippen molar-refractivity contribution in [3.8, 4) is 0 Å². The summed E-state index contributed by atoms with van der Waals surface area (Å²) in [7, 11) is 0. The Morgan fingerprint density at radius 1 is 1.17 bits per heavy atom. The number of benzene rings is 1. The molecule has 1 amide bonds. The number of aryl methyl sites for hydroxylation is 1. The molecular formula is C19H20F2N2O. The summed E-state index contributed by atoms with van der Waals surface area (Å²) in [5, 5.41) is 0. The van der Waals surface area contributed by atoms with E-state index in [4.69, 9.17) is 0 Å². The number of hydrogen-bond donors (Lipinski definition) is 0. The molecule has 0 N–H and O–H groups in total. The van der Waals surface area contributed by atoms with Crippen molar-refractivity contribution in [3.05, 3.63) is 65.5 Å². The summed E-state index contributed by atoms with van der Waals surface area (Å²) in [5.74, 6) is -0.467. The quantitative estimate of drug-likeness (QED) is 0.853. The Labute approximate surface area is 140 Å². The second-order valence-electron chi connectivity index (χ2n) is 6.32. The highest BCUT2D eigenvalue weighted by atomic mass is 19.1. The summed E-state index contributed by atoms with van der Waals surface area (Å²) < 4.78 is 26.2. The topological polar surface area (TPSA) is 33.2 Å². The van der Waals surface area contributed by atoms with Crippen LogP contribution in [0.2, 0.25) is 0 Å². The third-order valence-corrected chi connectivity index (χ3v) is 4.51. The molecule has 1 aliphatic heterocycles. The zero-order valence-electron chi connectivity index (χ0n) is 13.4. The molecule has 0 saturated carbocycles. The van der Waals surface area contributed by atoms with E-state index in [-0.39, 0.29) is 11.7 Å². The molecule has 3 rings (SSSR count). The maximum Gasteiger partial charge on any atom is 0.255 e. The van der Waals surface area contributed by atoms with Gasteiger partial charge in [0, 0.05) is 19.3 Å². The van der Waals surface area contributed by atoms with Crippen LogP contribution < -0.4 is 0 Å². The lowest BCUT2D eigenvalue weighted by Gasteiger charge is -2.33. The van der Waals surface area contributed by atoms with Gasteiger partial charge in [-0.25, -0.2) is 8.78 Å². The second kappa shape index (κ2) is 7.51. The van der Waals surface area contributed by atoms with Crippen LogP contribution in [0.3, 0.4) is 0 Å². The van der Waals surface area contributed by atoms with Crippen molar-refractivity contribution in [3.63, 3.8) is 0 Å². The van der Waals surface area contributed by atoms with Crippen LogP contribution >= 0.6 is 0 Å². The number of amides is 1. The van der Waals surface area contributed by atoms with Crippen molar-refractivity contribution in [2.75, 3.05) is 13.1 Å². The first-order valence-corrected chi connectivity index (χ1v) is 8.26. The van der Waals surface area contributed by atoms with E-state index < -0.39 is 5.82 Å². The van der Waals surface area contributed by atoms with Gasteiger partial charge in [0.05, 0.1) is 11.8 Å². The van der Waals surface area contributed by atoms with Crippen molar-refractivity contribution in [1.82, 2.24) is 9.88 Å². The van der Waals surface area contributed by atoms with E-state index in [1.165, 1.54) is 24.4 Å². The molecule has 1 fully saturated rings. The van der Waals surface area contributed by atoms with Gasteiger partial charge in [-0.2, -0.15) is 0 Å². The third-order valence-electron chi connectivity index (χ3n) is 4.51. The number of pyridine rings is 1. The number of halogens is 2. The summed E-state index contributed by atoms with van der Waals surface area (Å²) in [6, 6.07) is 7.79. The fourth-order valence-corrected chi connectivity index (χ4v) is 3.22. The molecule has 126 valence electrons. The highest BCUT2D eigenvalue weighted by Crippen LogP contribution is 2.23. The fraction of sp³-hybridized carbons (Fsp3) is 0.368. The molecule has 3 nitrogen and oxygen atoms in total. The number of likely N-dealkylation sites (tertiary alicyclic amines) is 1. The first-order chi connectivity index (χ1) is 11.6. The van der Waals surface area contributed by atoms with Crippen LogP contribution in [0.1, 0.15) is 35.2 Å². The molecule has 1 saturated heterocycles. The van der Waals surface area contributed by atoms with E-state index in [9.17, 15) is 13.6 Å². The van der Waals surface area contributed by atoms with Crippen LogP contribution in [-0.2, 0) is 6.42 Å². The van der Waals surface area contributed by atoms with E-state index in [1.54, 1.807) is 17.0 Å². The van der Waals surface area contributed by atoms with Crippen molar-refractivity contribution in [1.29, 1.82) is 0 Å². The molecule has 1 aromatic carbocycles. The molecule has 0 bridgehead atoms. The monoisotopic (exact) mass is 330 g/mol. The van der Waals surface area contributed by atoms with Crippen molar-refractivity contribution < 1.29 is 13.6 Å². The summed E-state index contributed by atoms with van der Waals surface area (Å²) in [6.07, 6.45) is 6.35. The Bertz CT molecular complexity index is 703. The van der Waals surface area contributed by atoms with E-state index >= 15 is 0 Å². The summed E-state index contributed by atoms with van der Waals surface area (Å²) in [6.45, 7) is 1.37. The van der Waals surface area contributed by atoms with Crippen LogP contribution in [0.4, 0.5) is 8.78 Å². The Morgan fingerprint density at radius 3 is 2.71 bits per heavy atom. The van der Waals surface area contributed by atoms with Crippen LogP contribution in [-0.4, -0.2) is 28.9 Å². The lowest BCUT2D eigenvalue weighted by molar-refractivity contribution is 0.0667. The van der Waals surface area contributed by atoms with Crippen molar-refractivity contribution >= 4 is 5.91 Å². The molecule has 5 heteroatoms. The maximum atomic E-state index is 13.2. The Morgan fingerprint density at radius 2 is 1.96 bits per heavy atom. The van der Waals surface area contributed by atoms with E-state index in [0.717, 1.165) is 37.4 Å². The van der Waals surface area contributed by atoms with Gasteiger partial charge in [-0.15, -0.1) is 0 Å². The zero-order chi connectivity index (χ0) is 16.9. The molecule has 1 aromatic heterocycles. The lowest BCUT2D eigenvalue weighted by Crippen LogP contribution is -2.40. The van der Waals surface area contributed by atoms with Crippen LogP contribution in [0.25, 0.3) is 0 Å². The summed E-state index contributed by atoms with van der Waals surface area (Å²) in [4.78, 5) is 18.0. The molecule has 24 heavy (non-hydrogen) atoms. The van der Waals surface area contributed by atoms with Gasteiger partial charge < -0.3 is 4.90 Å². The number of carbonyl (C=O) groups excluding carboxylic acids is 1. The maximum absolute atomic E-state index is 13.2. The van der Waals surface area contributed by atoms with Gasteiger partial charge >= 0.3 is 0 Å². The summed E-state index contributed by atoms with van der Waals surface area (Å²) >= 11 is 0. The Kier molecular flexibility index (Phi) is 5.18. The van der Waals surface area contributed by atoms with Crippen LogP contribution in [0.5, 0.6) is 0 Å². The molecule has 0 aliphatic carbocycles. The Hall–Kier alpha value is -2.30. The van der Waals surface area contributed by atoms with Crippen LogP contribution in [0, 0.1) is 17.6 Å². The number of nitrogens with zero attached hydrogens (tertiary/aromatic N) is 2. The van der Waals surface area contributed by atoms with Gasteiger partial charge in [-0.05, 0) is 55.4 Å². The predicted octanol–water partition coefficient (Wildman–Crippen LogP) is 3.84. The van der Waals surface area contributed by atoms with Gasteiger partial charge in [0.15, 0.2) is 0 Å². The van der Waals surface area contributed by atoms with E-state index in [2.05, 4.69) is 4.98 Å². The lowest BCUT2D eigenvalue weighted by atomic mass is 9.91. The highest BCUT2D eigenvalue weighted by Gasteiger charge is 2.24. The van der Waals surface area contributed by atoms with E-state index in [1.807, 2.05) is 0 Å². The molecule has 0 radical (unpaired) electrons. The van der Waals surface area contributed by atoms with Crippen molar-refractivity contribution in [2.45, 2.75) is 25.7 Å². The Balaban J connectivity index is 1.57. The number of aromatic nitrogens is 1. The minimum absolute atomic E-state index is 0.159. The molecule has 2 heterocycles. The average Bonchev–Trinajstić information content (AvgIpc) is 2.61. The van der Waals surface area contributed by atoms with Gasteiger partial charge in [-0.3, -0.25) is 9.78 Å². The van der Waals surface area contributed by atoms with Crippen molar-refractivity contribution in [2.24, 2.45) is 5.92 Å². The van der Waals surface area contributed by atoms with Gasteiger partial charge in [0.1, 0.15) is 11.6 Å². The number of rotatable bonds is 4. The van der Waals surface area contributed by atoms with Gasteiger partial charge in [0.2, 0.25) is 0 Å². The first-order valence-electron chi connectivity index (χ1n) is 8.26. The molecular weight excluding hydrogens is 310 g/mol. The second-order valence-corrected chi connectivity index (χ2v) is 6.32. The van der Waals surface area contributed by atoms with Crippen LogP contribution in [0.15, 0.2) is 42.7 Å². The molecule has 2 aromatic rings. The van der Waals surface area contributed by atoms with Gasteiger partial charge in [-0.1, -0.05) is 12.1 Å². The number of carbonyl (C=O) groups is 1. The highest BCUT2D eigenvalue weighted by molar-refractivity contribution is 5.93. The molecule has 0 unspecified atom stereocenters. The third kappa shape index (κ3) is 4.16. The molecule has 1 aliphatic rings. The molecule has 1 atom stereocenters. The smallest absolute Gasteiger partial charge is 0.255 e. The minimum atomic E-state index is -0.495. The fourth-order valence-electron chi connectivity index (χ4n) is 3.22. The SMILES string of the molecule is O=C(c1cncc(F)c1)N1CCC[C@@H](CCc2ccc(F)cc2)C1. The average molecular weight is 330 g/mol. The standard InChI is InChI=1S/C19H20F2N2O/c20-17-7-5-14(6-8-17)3-4-15-2-1-9-23(13-15)19(24)16-10-18(21)12-22-11-16/h5-8,10-12,15H,1-4,9,13H2/t15-/m0/s1. The normalized spacial score (nSPS) is 17.8. The number of hydrogen-bond acceptors (Lipinski definition) is 2.